The Morgan fingerprint density at radius 2 is 2.00 bits per heavy atom. The fourth-order valence-corrected chi connectivity index (χ4v) is 4.07. The Balaban J connectivity index is 1.78. The van der Waals surface area contributed by atoms with E-state index in [-0.39, 0.29) is 12.4 Å². The van der Waals surface area contributed by atoms with E-state index in [9.17, 15) is 9.59 Å². The zero-order valence-electron chi connectivity index (χ0n) is 16.9. The van der Waals surface area contributed by atoms with Crippen molar-refractivity contribution in [2.45, 2.75) is 41.2 Å². The number of thiophene rings is 1. The summed E-state index contributed by atoms with van der Waals surface area (Å²) in [5, 5.41) is 8.20. The van der Waals surface area contributed by atoms with Gasteiger partial charge in [0.15, 0.2) is 5.76 Å². The standard InChI is InChI=1S/C20H22ClN3O4S/c1-6-27-20(26)16-10(2)13(5)29-19(16)22-18(25)15-8-7-14(28-15)9-24-12(4)17(21)11(3)23-24/h7-8H,6,9H2,1-5H3,(H,22,25). The molecule has 0 atom stereocenters. The third-order valence-electron chi connectivity index (χ3n) is 4.58. The predicted octanol–water partition coefficient (Wildman–Crippen LogP) is 4.90. The van der Waals surface area contributed by atoms with Crippen molar-refractivity contribution in [1.29, 1.82) is 0 Å². The van der Waals surface area contributed by atoms with Crippen molar-refractivity contribution in [1.82, 2.24) is 9.78 Å². The number of aromatic nitrogens is 2. The fraction of sp³-hybridized carbons (Fsp3) is 0.350. The highest BCUT2D eigenvalue weighted by atomic mass is 35.5. The molecule has 7 nitrogen and oxygen atoms in total. The van der Waals surface area contributed by atoms with Crippen LogP contribution in [0.2, 0.25) is 5.02 Å². The van der Waals surface area contributed by atoms with E-state index in [0.717, 1.165) is 21.8 Å². The van der Waals surface area contributed by atoms with Crippen molar-refractivity contribution in [3.63, 3.8) is 0 Å². The summed E-state index contributed by atoms with van der Waals surface area (Å²) in [6.07, 6.45) is 0. The number of hydrogen-bond acceptors (Lipinski definition) is 6. The number of nitrogens with zero attached hydrogens (tertiary/aromatic N) is 2. The summed E-state index contributed by atoms with van der Waals surface area (Å²) >= 11 is 7.50. The summed E-state index contributed by atoms with van der Waals surface area (Å²) in [5.74, 6) is -0.173. The topological polar surface area (TPSA) is 86.4 Å². The summed E-state index contributed by atoms with van der Waals surface area (Å²) in [7, 11) is 0. The number of aryl methyl sites for hydroxylation is 2. The van der Waals surface area contributed by atoms with Gasteiger partial charge in [0.25, 0.3) is 5.91 Å². The Morgan fingerprint density at radius 1 is 1.28 bits per heavy atom. The lowest BCUT2D eigenvalue weighted by atomic mass is 10.1. The Morgan fingerprint density at radius 3 is 2.62 bits per heavy atom. The van der Waals surface area contributed by atoms with E-state index in [4.69, 9.17) is 20.8 Å². The first-order valence-corrected chi connectivity index (χ1v) is 10.3. The molecule has 3 rings (SSSR count). The SMILES string of the molecule is CCOC(=O)c1c(NC(=O)c2ccc(Cn3nc(C)c(Cl)c3C)o2)sc(C)c1C. The number of halogens is 1. The van der Waals surface area contributed by atoms with Gasteiger partial charge in [0.1, 0.15) is 10.8 Å². The van der Waals surface area contributed by atoms with E-state index in [1.165, 1.54) is 11.3 Å². The number of amides is 1. The van der Waals surface area contributed by atoms with Crippen LogP contribution in [0.1, 0.15) is 55.4 Å². The molecule has 29 heavy (non-hydrogen) atoms. The minimum Gasteiger partial charge on any atom is -0.462 e. The molecule has 0 aliphatic carbocycles. The predicted molar refractivity (Wildman–Crippen MR) is 112 cm³/mol. The molecule has 154 valence electrons. The zero-order valence-corrected chi connectivity index (χ0v) is 18.5. The number of rotatable bonds is 6. The van der Waals surface area contributed by atoms with Gasteiger partial charge in [-0.1, -0.05) is 11.6 Å². The average molecular weight is 436 g/mol. The number of furan rings is 1. The lowest BCUT2D eigenvalue weighted by Crippen LogP contribution is -2.14. The molecule has 9 heteroatoms. The van der Waals surface area contributed by atoms with Gasteiger partial charge in [-0.25, -0.2) is 4.79 Å². The molecule has 3 aromatic heterocycles. The Labute approximate surface area is 177 Å². The van der Waals surface area contributed by atoms with Gasteiger partial charge in [-0.15, -0.1) is 11.3 Å². The molecule has 0 aromatic carbocycles. The van der Waals surface area contributed by atoms with Gasteiger partial charge in [0.05, 0.1) is 35.1 Å². The molecule has 0 fully saturated rings. The van der Waals surface area contributed by atoms with E-state index in [0.29, 0.717) is 27.9 Å². The highest BCUT2D eigenvalue weighted by molar-refractivity contribution is 7.16. The van der Waals surface area contributed by atoms with Crippen LogP contribution in [0, 0.1) is 27.7 Å². The van der Waals surface area contributed by atoms with Crippen LogP contribution in [0.5, 0.6) is 0 Å². The molecule has 0 aliphatic rings. The Bertz CT molecular complexity index is 1080. The lowest BCUT2D eigenvalue weighted by Gasteiger charge is -2.06. The number of carbonyl (C=O) groups excluding carboxylic acids is 2. The van der Waals surface area contributed by atoms with Crippen LogP contribution in [0.25, 0.3) is 0 Å². The highest BCUT2D eigenvalue weighted by Crippen LogP contribution is 2.33. The fourth-order valence-electron chi connectivity index (χ4n) is 2.89. The maximum absolute atomic E-state index is 12.7. The molecule has 0 aliphatic heterocycles. The van der Waals surface area contributed by atoms with Gasteiger partial charge in [-0.2, -0.15) is 5.10 Å². The van der Waals surface area contributed by atoms with Gasteiger partial charge < -0.3 is 14.5 Å². The Hall–Kier alpha value is -2.58. The van der Waals surface area contributed by atoms with Gasteiger partial charge in [-0.3, -0.25) is 9.48 Å². The van der Waals surface area contributed by atoms with Crippen LogP contribution >= 0.6 is 22.9 Å². The minimum absolute atomic E-state index is 0.145. The van der Waals surface area contributed by atoms with Gasteiger partial charge in [0.2, 0.25) is 0 Å². The summed E-state index contributed by atoms with van der Waals surface area (Å²) < 4.78 is 12.5. The molecular weight excluding hydrogens is 414 g/mol. The molecule has 0 bridgehead atoms. The molecule has 0 saturated heterocycles. The van der Waals surface area contributed by atoms with Crippen molar-refractivity contribution < 1.29 is 18.7 Å². The molecule has 0 unspecified atom stereocenters. The minimum atomic E-state index is -0.453. The molecule has 3 aromatic rings. The third kappa shape index (κ3) is 4.23. The summed E-state index contributed by atoms with van der Waals surface area (Å²) in [4.78, 5) is 25.9. The maximum atomic E-state index is 12.7. The molecule has 1 amide bonds. The quantitative estimate of drug-likeness (QED) is 0.556. The second-order valence-electron chi connectivity index (χ2n) is 6.57. The maximum Gasteiger partial charge on any atom is 0.341 e. The van der Waals surface area contributed by atoms with Crippen LogP contribution in [0.4, 0.5) is 5.00 Å². The van der Waals surface area contributed by atoms with E-state index in [1.807, 2.05) is 27.7 Å². The largest absolute Gasteiger partial charge is 0.462 e. The number of carbonyl (C=O) groups is 2. The zero-order chi connectivity index (χ0) is 21.3. The molecule has 0 spiro atoms. The molecule has 0 radical (unpaired) electrons. The van der Waals surface area contributed by atoms with Crippen molar-refractivity contribution in [2.75, 3.05) is 11.9 Å². The highest BCUT2D eigenvalue weighted by Gasteiger charge is 2.23. The smallest absolute Gasteiger partial charge is 0.341 e. The summed E-state index contributed by atoms with van der Waals surface area (Å²) in [6, 6.07) is 3.31. The second-order valence-corrected chi connectivity index (χ2v) is 8.17. The lowest BCUT2D eigenvalue weighted by molar-refractivity contribution is 0.0527. The molecule has 3 heterocycles. The monoisotopic (exact) mass is 435 g/mol. The van der Waals surface area contributed by atoms with E-state index in [2.05, 4.69) is 10.4 Å². The number of anilines is 1. The first-order chi connectivity index (χ1) is 13.7. The molecule has 0 saturated carbocycles. The van der Waals surface area contributed by atoms with Crippen LogP contribution in [0.15, 0.2) is 16.5 Å². The first-order valence-electron chi connectivity index (χ1n) is 9.09. The van der Waals surface area contributed by atoms with Gasteiger partial charge in [0, 0.05) is 4.88 Å². The van der Waals surface area contributed by atoms with Crippen molar-refractivity contribution in [3.05, 3.63) is 56.1 Å². The summed E-state index contributed by atoms with van der Waals surface area (Å²) in [5.41, 5.74) is 2.75. The number of hydrogen-bond donors (Lipinski definition) is 1. The van der Waals surface area contributed by atoms with Gasteiger partial charge >= 0.3 is 5.97 Å². The normalized spacial score (nSPS) is 11.0. The van der Waals surface area contributed by atoms with Crippen LogP contribution < -0.4 is 5.32 Å². The van der Waals surface area contributed by atoms with E-state index >= 15 is 0 Å². The van der Waals surface area contributed by atoms with E-state index in [1.54, 1.807) is 23.7 Å². The number of esters is 1. The van der Waals surface area contributed by atoms with Crippen LogP contribution in [-0.4, -0.2) is 28.3 Å². The van der Waals surface area contributed by atoms with Crippen LogP contribution in [0.3, 0.4) is 0 Å². The molecular formula is C20H22ClN3O4S. The van der Waals surface area contributed by atoms with Crippen molar-refractivity contribution in [3.8, 4) is 0 Å². The van der Waals surface area contributed by atoms with Crippen molar-refractivity contribution >= 4 is 39.8 Å². The third-order valence-corrected chi connectivity index (χ3v) is 6.25. The van der Waals surface area contributed by atoms with Crippen molar-refractivity contribution in [2.24, 2.45) is 0 Å². The van der Waals surface area contributed by atoms with E-state index < -0.39 is 11.9 Å². The molecule has 1 N–H and O–H groups in total. The van der Waals surface area contributed by atoms with Crippen LogP contribution in [-0.2, 0) is 11.3 Å². The number of ether oxygens (including phenoxy) is 1. The second kappa shape index (κ2) is 8.42. The summed E-state index contributed by atoms with van der Waals surface area (Å²) in [6.45, 7) is 9.79. The number of nitrogens with one attached hydrogen (secondary N) is 1. The van der Waals surface area contributed by atoms with Gasteiger partial charge in [-0.05, 0) is 52.3 Å². The Kier molecular flexibility index (Phi) is 6.14. The average Bonchev–Trinajstić information content (AvgIpc) is 3.31. The first kappa shape index (κ1) is 21.1.